The van der Waals surface area contributed by atoms with Crippen LogP contribution in [-0.4, -0.2) is 50.2 Å². The van der Waals surface area contributed by atoms with Gasteiger partial charge >= 0.3 is 0 Å². The lowest BCUT2D eigenvalue weighted by molar-refractivity contribution is 0.648. The normalized spacial score (nSPS) is 20.2. The molecule has 6 nitrogen and oxygen atoms in total. The Morgan fingerprint density at radius 2 is 1.80 bits per heavy atom. The molecule has 30 heavy (non-hydrogen) atoms. The third kappa shape index (κ3) is 5.43. The molecule has 1 aromatic carbocycles. The lowest BCUT2D eigenvalue weighted by Crippen LogP contribution is -2.44. The molecule has 160 valence electrons. The molecule has 0 radical (unpaired) electrons. The Bertz CT molecular complexity index is 796. The van der Waals surface area contributed by atoms with Crippen LogP contribution in [0.5, 0.6) is 0 Å². The van der Waals surface area contributed by atoms with Crippen LogP contribution < -0.4 is 20.4 Å². The molecule has 1 unspecified atom stereocenters. The van der Waals surface area contributed by atoms with E-state index in [1.54, 1.807) is 0 Å². The Balaban J connectivity index is 1.25. The van der Waals surface area contributed by atoms with E-state index in [-0.39, 0.29) is 0 Å². The predicted molar refractivity (Wildman–Crippen MR) is 125 cm³/mol. The minimum absolute atomic E-state index is 0.403. The Hall–Kier alpha value is -2.76. The largest absolute Gasteiger partial charge is 0.369 e. The van der Waals surface area contributed by atoms with Crippen LogP contribution in [0.2, 0.25) is 0 Å². The van der Waals surface area contributed by atoms with Crippen LogP contribution in [0.15, 0.2) is 53.7 Å². The molecule has 4 rings (SSSR count). The lowest BCUT2D eigenvalue weighted by Gasteiger charge is -2.22. The van der Waals surface area contributed by atoms with Gasteiger partial charge < -0.3 is 20.4 Å². The van der Waals surface area contributed by atoms with Gasteiger partial charge in [0.15, 0.2) is 5.96 Å². The number of aliphatic imine (C=N–C) groups is 1. The standard InChI is InChI=1S/C24H34N6/c1-25-24(28-21-13-16-30(19-21)22-9-5-4-6-10-22)27-18-20-11-12-23(26-17-20)29-14-7-2-3-8-15-29/h4-6,9-12,17,21H,2-3,7-8,13-16,18-19H2,1H3,(H2,25,27,28). The van der Waals surface area contributed by atoms with Gasteiger partial charge in [-0.15, -0.1) is 0 Å². The van der Waals surface area contributed by atoms with Crippen molar-refractivity contribution < 1.29 is 0 Å². The van der Waals surface area contributed by atoms with Crippen LogP contribution in [0.1, 0.15) is 37.7 Å². The highest BCUT2D eigenvalue weighted by atomic mass is 15.2. The van der Waals surface area contributed by atoms with E-state index in [9.17, 15) is 0 Å². The molecule has 2 fully saturated rings. The molecule has 0 bridgehead atoms. The van der Waals surface area contributed by atoms with E-state index in [2.05, 4.69) is 67.9 Å². The van der Waals surface area contributed by atoms with Crippen LogP contribution in [0.3, 0.4) is 0 Å². The maximum absolute atomic E-state index is 4.71. The van der Waals surface area contributed by atoms with Crippen molar-refractivity contribution in [1.82, 2.24) is 15.6 Å². The molecule has 0 amide bonds. The summed E-state index contributed by atoms with van der Waals surface area (Å²) in [5, 5.41) is 7.02. The highest BCUT2D eigenvalue weighted by Crippen LogP contribution is 2.20. The number of nitrogens with zero attached hydrogens (tertiary/aromatic N) is 4. The van der Waals surface area contributed by atoms with E-state index in [0.717, 1.165) is 50.9 Å². The smallest absolute Gasteiger partial charge is 0.191 e. The summed E-state index contributed by atoms with van der Waals surface area (Å²) in [5.74, 6) is 1.96. The third-order valence-corrected chi connectivity index (χ3v) is 6.07. The van der Waals surface area contributed by atoms with Gasteiger partial charge in [0, 0.05) is 57.7 Å². The van der Waals surface area contributed by atoms with Crippen molar-refractivity contribution in [1.29, 1.82) is 0 Å². The minimum Gasteiger partial charge on any atom is -0.369 e. The fourth-order valence-electron chi connectivity index (χ4n) is 4.33. The lowest BCUT2D eigenvalue weighted by atomic mass is 10.2. The first-order valence-electron chi connectivity index (χ1n) is 11.3. The molecule has 2 aliphatic rings. The molecule has 0 spiro atoms. The molecular formula is C24H34N6. The number of benzene rings is 1. The summed E-state index contributed by atoms with van der Waals surface area (Å²) in [6.45, 7) is 5.05. The Kier molecular flexibility index (Phi) is 7.06. The maximum atomic E-state index is 4.71. The van der Waals surface area contributed by atoms with Crippen LogP contribution in [-0.2, 0) is 6.54 Å². The SMILES string of the molecule is CN=C(NCc1ccc(N2CCCCCC2)nc1)NC1CCN(c2ccccc2)C1. The van der Waals surface area contributed by atoms with Crippen LogP contribution in [0, 0.1) is 0 Å². The highest BCUT2D eigenvalue weighted by molar-refractivity contribution is 5.80. The van der Waals surface area contributed by atoms with E-state index >= 15 is 0 Å². The molecule has 2 aliphatic heterocycles. The van der Waals surface area contributed by atoms with E-state index in [1.807, 2.05) is 13.2 Å². The summed E-state index contributed by atoms with van der Waals surface area (Å²) in [4.78, 5) is 14.0. The van der Waals surface area contributed by atoms with E-state index in [1.165, 1.54) is 36.9 Å². The third-order valence-electron chi connectivity index (χ3n) is 6.07. The summed E-state index contributed by atoms with van der Waals surface area (Å²) in [6, 6.07) is 15.4. The number of nitrogens with one attached hydrogen (secondary N) is 2. The van der Waals surface area contributed by atoms with Crippen molar-refractivity contribution in [3.05, 3.63) is 54.2 Å². The zero-order valence-corrected chi connectivity index (χ0v) is 18.1. The van der Waals surface area contributed by atoms with Crippen LogP contribution in [0.25, 0.3) is 0 Å². The average Bonchev–Trinajstić information content (AvgIpc) is 3.10. The highest BCUT2D eigenvalue weighted by Gasteiger charge is 2.23. The Morgan fingerprint density at radius 1 is 1.00 bits per heavy atom. The number of aromatic nitrogens is 1. The number of rotatable bonds is 5. The fourth-order valence-corrected chi connectivity index (χ4v) is 4.33. The quantitative estimate of drug-likeness (QED) is 0.589. The second-order valence-corrected chi connectivity index (χ2v) is 8.26. The van der Waals surface area contributed by atoms with Crippen molar-refractivity contribution in [2.24, 2.45) is 4.99 Å². The first-order chi connectivity index (χ1) is 14.8. The van der Waals surface area contributed by atoms with E-state index < -0.39 is 0 Å². The number of hydrogen-bond acceptors (Lipinski definition) is 4. The minimum atomic E-state index is 0.403. The first kappa shape index (κ1) is 20.5. The molecule has 1 atom stereocenters. The first-order valence-corrected chi connectivity index (χ1v) is 11.3. The van der Waals surface area contributed by atoms with E-state index in [0.29, 0.717) is 6.04 Å². The van der Waals surface area contributed by atoms with Crippen LogP contribution >= 0.6 is 0 Å². The van der Waals surface area contributed by atoms with Gasteiger partial charge in [-0.1, -0.05) is 37.1 Å². The Morgan fingerprint density at radius 3 is 2.50 bits per heavy atom. The van der Waals surface area contributed by atoms with Crippen molar-refractivity contribution in [2.75, 3.05) is 43.0 Å². The molecule has 6 heteroatoms. The van der Waals surface area contributed by atoms with Gasteiger partial charge in [0.2, 0.25) is 0 Å². The molecule has 0 saturated carbocycles. The van der Waals surface area contributed by atoms with Gasteiger partial charge in [-0.3, -0.25) is 4.99 Å². The predicted octanol–water partition coefficient (Wildman–Crippen LogP) is 3.41. The van der Waals surface area contributed by atoms with Gasteiger partial charge in [0.25, 0.3) is 0 Å². The zero-order chi connectivity index (χ0) is 20.6. The number of guanidine groups is 1. The van der Waals surface area contributed by atoms with Crippen molar-refractivity contribution >= 4 is 17.5 Å². The number of hydrogen-bond donors (Lipinski definition) is 2. The van der Waals surface area contributed by atoms with Gasteiger partial charge in [-0.25, -0.2) is 4.98 Å². The van der Waals surface area contributed by atoms with Gasteiger partial charge in [0.1, 0.15) is 5.82 Å². The van der Waals surface area contributed by atoms with Gasteiger partial charge in [-0.2, -0.15) is 0 Å². The van der Waals surface area contributed by atoms with Crippen molar-refractivity contribution in [3.8, 4) is 0 Å². The average molecular weight is 407 g/mol. The maximum Gasteiger partial charge on any atom is 0.191 e. The number of para-hydroxylation sites is 1. The molecule has 3 heterocycles. The summed E-state index contributed by atoms with van der Waals surface area (Å²) < 4.78 is 0. The molecule has 1 aromatic heterocycles. The topological polar surface area (TPSA) is 55.8 Å². The Labute approximate surface area is 180 Å². The second-order valence-electron chi connectivity index (χ2n) is 8.26. The van der Waals surface area contributed by atoms with Gasteiger partial charge in [0.05, 0.1) is 0 Å². The summed E-state index contributed by atoms with van der Waals surface area (Å²) in [5.41, 5.74) is 2.47. The van der Waals surface area contributed by atoms with E-state index in [4.69, 9.17) is 4.98 Å². The molecular weight excluding hydrogens is 372 g/mol. The summed E-state index contributed by atoms with van der Waals surface area (Å²) >= 11 is 0. The molecule has 2 N–H and O–H groups in total. The molecule has 2 saturated heterocycles. The summed E-state index contributed by atoms with van der Waals surface area (Å²) in [6.07, 6.45) is 8.34. The van der Waals surface area contributed by atoms with Crippen LogP contribution in [0.4, 0.5) is 11.5 Å². The van der Waals surface area contributed by atoms with Gasteiger partial charge in [-0.05, 0) is 43.0 Å². The van der Waals surface area contributed by atoms with Crippen molar-refractivity contribution in [3.63, 3.8) is 0 Å². The second kappa shape index (κ2) is 10.3. The molecule has 2 aromatic rings. The number of pyridine rings is 1. The monoisotopic (exact) mass is 406 g/mol. The van der Waals surface area contributed by atoms with Crippen molar-refractivity contribution in [2.45, 2.75) is 44.7 Å². The molecule has 0 aliphatic carbocycles. The zero-order valence-electron chi connectivity index (χ0n) is 18.1. The fraction of sp³-hybridized carbons (Fsp3) is 0.500. The number of anilines is 2. The summed E-state index contributed by atoms with van der Waals surface area (Å²) in [7, 11) is 1.83.